The predicted molar refractivity (Wildman–Crippen MR) is 66.9 cm³/mol. The molecule has 0 fully saturated rings. The lowest BCUT2D eigenvalue weighted by atomic mass is 10.2. The van der Waals surface area contributed by atoms with E-state index in [9.17, 15) is 19.7 Å². The molecule has 0 atom stereocenters. The van der Waals surface area contributed by atoms with Gasteiger partial charge in [-0.1, -0.05) is 11.6 Å². The zero-order chi connectivity index (χ0) is 14.4. The van der Waals surface area contributed by atoms with Gasteiger partial charge in [0.15, 0.2) is 0 Å². The number of carbonyl (C=O) groups is 2. The first kappa shape index (κ1) is 14.8. The molecule has 8 nitrogen and oxygen atoms in total. The summed E-state index contributed by atoms with van der Waals surface area (Å²) >= 11 is 5.69. The van der Waals surface area contributed by atoms with Crippen LogP contribution in [0.4, 0.5) is 5.69 Å². The van der Waals surface area contributed by atoms with Gasteiger partial charge in [-0.2, -0.15) is 0 Å². The Morgan fingerprint density at radius 3 is 2.63 bits per heavy atom. The molecule has 1 aromatic rings. The normalized spacial score (nSPS) is 9.79. The van der Waals surface area contributed by atoms with Crippen molar-refractivity contribution in [3.8, 4) is 0 Å². The summed E-state index contributed by atoms with van der Waals surface area (Å²) in [5.74, 6) is -0.809. The number of carbonyl (C=O) groups excluding carboxylic acids is 2. The minimum atomic E-state index is -0.669. The summed E-state index contributed by atoms with van der Waals surface area (Å²) in [6.45, 7) is 1.78. The molecule has 1 rings (SSSR count). The Kier molecular flexibility index (Phi) is 5.19. The monoisotopic (exact) mass is 286 g/mol. The van der Waals surface area contributed by atoms with Crippen molar-refractivity contribution in [3.63, 3.8) is 0 Å². The maximum absolute atomic E-state index is 11.7. The number of aromatic nitrogens is 1. The largest absolute Gasteiger partial charge is 0.355 e. The lowest BCUT2D eigenvalue weighted by Gasteiger charge is -2.06. The van der Waals surface area contributed by atoms with Crippen molar-refractivity contribution in [2.24, 2.45) is 0 Å². The Bertz CT molecular complexity index is 520. The van der Waals surface area contributed by atoms with Crippen molar-refractivity contribution in [1.29, 1.82) is 0 Å². The third-order valence-electron chi connectivity index (χ3n) is 2.06. The fraction of sp³-hybridized carbons (Fsp3) is 0.300. The molecule has 0 spiro atoms. The average molecular weight is 287 g/mol. The van der Waals surface area contributed by atoms with E-state index in [-0.39, 0.29) is 35.4 Å². The van der Waals surface area contributed by atoms with Gasteiger partial charge in [0.25, 0.3) is 11.6 Å². The molecule has 0 bridgehead atoms. The fourth-order valence-corrected chi connectivity index (χ4v) is 1.40. The number of rotatable bonds is 5. The van der Waals surface area contributed by atoms with E-state index < -0.39 is 10.8 Å². The molecule has 0 aliphatic carbocycles. The molecule has 2 amide bonds. The SMILES string of the molecule is CC(=O)NCCNC(=O)c1cc([N+](=O)[O-])cnc1Cl. The summed E-state index contributed by atoms with van der Waals surface area (Å²) in [6.07, 6.45) is 0.969. The lowest BCUT2D eigenvalue weighted by molar-refractivity contribution is -0.385. The Morgan fingerprint density at radius 2 is 2.05 bits per heavy atom. The third-order valence-corrected chi connectivity index (χ3v) is 2.37. The van der Waals surface area contributed by atoms with Gasteiger partial charge in [0.05, 0.1) is 10.5 Å². The van der Waals surface area contributed by atoms with Gasteiger partial charge in [-0.05, 0) is 0 Å². The van der Waals surface area contributed by atoms with Crippen LogP contribution in [0, 0.1) is 10.1 Å². The van der Waals surface area contributed by atoms with E-state index in [2.05, 4.69) is 15.6 Å². The highest BCUT2D eigenvalue weighted by Gasteiger charge is 2.16. The molecule has 1 aromatic heterocycles. The van der Waals surface area contributed by atoms with Crippen LogP contribution in [-0.4, -0.2) is 34.8 Å². The number of hydrogen-bond acceptors (Lipinski definition) is 5. The van der Waals surface area contributed by atoms with Crippen molar-refractivity contribution < 1.29 is 14.5 Å². The first-order valence-corrected chi connectivity index (χ1v) is 5.62. The van der Waals surface area contributed by atoms with Crippen LogP contribution in [-0.2, 0) is 4.79 Å². The maximum atomic E-state index is 11.7. The maximum Gasteiger partial charge on any atom is 0.288 e. The van der Waals surface area contributed by atoms with E-state index in [1.165, 1.54) is 6.92 Å². The van der Waals surface area contributed by atoms with Crippen molar-refractivity contribution in [3.05, 3.63) is 33.1 Å². The molecule has 0 saturated heterocycles. The first-order chi connectivity index (χ1) is 8.91. The second-order valence-corrected chi connectivity index (χ2v) is 3.89. The van der Waals surface area contributed by atoms with Crippen LogP contribution in [0.3, 0.4) is 0 Å². The van der Waals surface area contributed by atoms with Crippen molar-refractivity contribution in [2.75, 3.05) is 13.1 Å². The Hall–Kier alpha value is -2.22. The summed E-state index contributed by atoms with van der Waals surface area (Å²) in [7, 11) is 0. The molecule has 0 aliphatic rings. The Balaban J connectivity index is 2.68. The van der Waals surface area contributed by atoms with Gasteiger partial charge in [-0.3, -0.25) is 19.7 Å². The van der Waals surface area contributed by atoms with E-state index in [4.69, 9.17) is 11.6 Å². The van der Waals surface area contributed by atoms with Gasteiger partial charge in [0.1, 0.15) is 11.3 Å². The quantitative estimate of drug-likeness (QED) is 0.354. The number of halogens is 1. The summed E-state index contributed by atoms with van der Waals surface area (Å²) in [6, 6.07) is 1.04. The third kappa shape index (κ3) is 4.51. The molecule has 9 heteroatoms. The topological polar surface area (TPSA) is 114 Å². The second kappa shape index (κ2) is 6.64. The molecular formula is C10H11ClN4O4. The van der Waals surface area contributed by atoms with E-state index >= 15 is 0 Å². The second-order valence-electron chi connectivity index (χ2n) is 3.53. The Morgan fingerprint density at radius 1 is 1.42 bits per heavy atom. The number of nitrogens with one attached hydrogen (secondary N) is 2. The van der Waals surface area contributed by atoms with Crippen molar-refractivity contribution in [1.82, 2.24) is 15.6 Å². The Labute approximate surface area is 113 Å². The molecule has 2 N–H and O–H groups in total. The van der Waals surface area contributed by atoms with Crippen molar-refractivity contribution in [2.45, 2.75) is 6.92 Å². The molecule has 102 valence electrons. The molecule has 0 radical (unpaired) electrons. The van der Waals surface area contributed by atoms with Crippen LogP contribution in [0.15, 0.2) is 12.3 Å². The van der Waals surface area contributed by atoms with E-state index in [1.807, 2.05) is 0 Å². The molecule has 1 heterocycles. The van der Waals surface area contributed by atoms with E-state index in [0.717, 1.165) is 12.3 Å². The van der Waals surface area contributed by atoms with Crippen LogP contribution in [0.5, 0.6) is 0 Å². The van der Waals surface area contributed by atoms with E-state index in [0.29, 0.717) is 0 Å². The molecule has 0 aliphatic heterocycles. The van der Waals surface area contributed by atoms with Gasteiger partial charge < -0.3 is 10.6 Å². The number of nitrogens with zero attached hydrogens (tertiary/aromatic N) is 2. The van der Waals surface area contributed by atoms with Gasteiger partial charge >= 0.3 is 0 Å². The average Bonchev–Trinajstić information content (AvgIpc) is 2.34. The minimum absolute atomic E-state index is 0.0845. The molecule has 19 heavy (non-hydrogen) atoms. The highest BCUT2D eigenvalue weighted by Crippen LogP contribution is 2.18. The number of amides is 2. The highest BCUT2D eigenvalue weighted by molar-refractivity contribution is 6.32. The van der Waals surface area contributed by atoms with Crippen LogP contribution in [0.25, 0.3) is 0 Å². The number of nitro groups is 1. The minimum Gasteiger partial charge on any atom is -0.355 e. The highest BCUT2D eigenvalue weighted by atomic mass is 35.5. The smallest absolute Gasteiger partial charge is 0.288 e. The van der Waals surface area contributed by atoms with Crippen LogP contribution in [0.2, 0.25) is 5.15 Å². The molecule has 0 saturated carbocycles. The van der Waals surface area contributed by atoms with Crippen molar-refractivity contribution >= 4 is 29.1 Å². The van der Waals surface area contributed by atoms with Gasteiger partial charge in [0.2, 0.25) is 5.91 Å². The van der Waals surface area contributed by atoms with Crippen LogP contribution in [0.1, 0.15) is 17.3 Å². The summed E-state index contributed by atoms with van der Waals surface area (Å²) in [4.78, 5) is 35.8. The summed E-state index contributed by atoms with van der Waals surface area (Å²) in [5, 5.41) is 15.4. The van der Waals surface area contributed by atoms with Gasteiger partial charge in [0, 0.05) is 26.1 Å². The first-order valence-electron chi connectivity index (χ1n) is 5.24. The van der Waals surface area contributed by atoms with Crippen LogP contribution >= 0.6 is 11.6 Å². The van der Waals surface area contributed by atoms with Gasteiger partial charge in [-0.25, -0.2) is 4.98 Å². The molecule has 0 unspecified atom stereocenters. The molecule has 0 aromatic carbocycles. The predicted octanol–water partition coefficient (Wildman–Crippen LogP) is 0.509. The molecular weight excluding hydrogens is 276 g/mol. The fourth-order valence-electron chi connectivity index (χ4n) is 1.21. The van der Waals surface area contributed by atoms with Gasteiger partial charge in [-0.15, -0.1) is 0 Å². The summed E-state index contributed by atoms with van der Waals surface area (Å²) < 4.78 is 0. The zero-order valence-corrected chi connectivity index (χ0v) is 10.7. The zero-order valence-electron chi connectivity index (χ0n) is 9.97. The summed E-state index contributed by atoms with van der Waals surface area (Å²) in [5.41, 5.74) is -0.407. The van der Waals surface area contributed by atoms with E-state index in [1.54, 1.807) is 0 Å². The lowest BCUT2D eigenvalue weighted by Crippen LogP contribution is -2.33. The van der Waals surface area contributed by atoms with Crippen LogP contribution < -0.4 is 10.6 Å². The standard InChI is InChI=1S/C10H11ClN4O4/c1-6(16)12-2-3-13-10(17)8-4-7(15(18)19)5-14-9(8)11/h4-5H,2-3H2,1H3,(H,12,16)(H,13,17). The number of pyridine rings is 1. The number of hydrogen-bond donors (Lipinski definition) is 2.